The summed E-state index contributed by atoms with van der Waals surface area (Å²) >= 11 is 0. The average Bonchev–Trinajstić information content (AvgIpc) is 2.64. The molecule has 2 aliphatic heterocycles. The van der Waals surface area contributed by atoms with Gasteiger partial charge in [0, 0.05) is 19.0 Å². The summed E-state index contributed by atoms with van der Waals surface area (Å²) in [5.41, 5.74) is 0. The molecule has 16 heavy (non-hydrogen) atoms. The summed E-state index contributed by atoms with van der Waals surface area (Å²) in [6.07, 6.45) is 5.44. The standard InChI is InChI=1S/C13H23NO2/c1-10-5-6-13(16-10)9-14-7-3-4-12(8-14)11(2)15/h10,12-13H,3-9H2,1-2H3. The van der Waals surface area contributed by atoms with Crippen LogP contribution in [0.1, 0.15) is 39.5 Å². The molecule has 92 valence electrons. The largest absolute Gasteiger partial charge is 0.374 e. The van der Waals surface area contributed by atoms with Gasteiger partial charge in [0.15, 0.2) is 0 Å². The Bertz CT molecular complexity index is 254. The van der Waals surface area contributed by atoms with Gasteiger partial charge in [-0.2, -0.15) is 0 Å². The van der Waals surface area contributed by atoms with Crippen LogP contribution in [0.5, 0.6) is 0 Å². The van der Waals surface area contributed by atoms with E-state index in [9.17, 15) is 4.79 Å². The fourth-order valence-corrected chi connectivity index (χ4v) is 2.86. The molecular weight excluding hydrogens is 202 g/mol. The molecule has 0 N–H and O–H groups in total. The third kappa shape index (κ3) is 3.05. The zero-order chi connectivity index (χ0) is 11.5. The SMILES string of the molecule is CC(=O)C1CCCN(CC2CCC(C)O2)C1. The van der Waals surface area contributed by atoms with Crippen molar-refractivity contribution in [1.29, 1.82) is 0 Å². The molecule has 2 rings (SSSR count). The number of likely N-dealkylation sites (tertiary alicyclic amines) is 1. The van der Waals surface area contributed by atoms with Crippen molar-refractivity contribution in [3.63, 3.8) is 0 Å². The molecule has 0 bridgehead atoms. The van der Waals surface area contributed by atoms with Crippen molar-refractivity contribution >= 4 is 5.78 Å². The number of nitrogens with zero attached hydrogens (tertiary/aromatic N) is 1. The molecule has 0 aromatic carbocycles. The molecule has 0 spiro atoms. The van der Waals surface area contributed by atoms with Crippen LogP contribution in [-0.4, -0.2) is 42.5 Å². The summed E-state index contributed by atoms with van der Waals surface area (Å²) in [7, 11) is 0. The summed E-state index contributed by atoms with van der Waals surface area (Å²) in [4.78, 5) is 13.8. The van der Waals surface area contributed by atoms with Crippen molar-refractivity contribution < 1.29 is 9.53 Å². The molecule has 2 fully saturated rings. The van der Waals surface area contributed by atoms with E-state index in [1.807, 2.05) is 0 Å². The lowest BCUT2D eigenvalue weighted by Crippen LogP contribution is -2.42. The fraction of sp³-hybridized carbons (Fsp3) is 0.923. The van der Waals surface area contributed by atoms with E-state index in [0.29, 0.717) is 18.0 Å². The van der Waals surface area contributed by atoms with Crippen LogP contribution in [0.15, 0.2) is 0 Å². The number of carbonyl (C=O) groups excluding carboxylic acids is 1. The predicted octanol–water partition coefficient (Wildman–Crippen LogP) is 1.85. The van der Waals surface area contributed by atoms with Crippen molar-refractivity contribution in [1.82, 2.24) is 4.90 Å². The molecule has 0 radical (unpaired) electrons. The molecule has 2 aliphatic rings. The van der Waals surface area contributed by atoms with Gasteiger partial charge in [-0.3, -0.25) is 4.79 Å². The van der Waals surface area contributed by atoms with Crippen molar-refractivity contribution in [2.75, 3.05) is 19.6 Å². The van der Waals surface area contributed by atoms with E-state index in [4.69, 9.17) is 4.74 Å². The van der Waals surface area contributed by atoms with Crippen LogP contribution in [0.4, 0.5) is 0 Å². The van der Waals surface area contributed by atoms with Gasteiger partial charge in [-0.15, -0.1) is 0 Å². The van der Waals surface area contributed by atoms with Gasteiger partial charge in [0.2, 0.25) is 0 Å². The Balaban J connectivity index is 1.79. The van der Waals surface area contributed by atoms with Gasteiger partial charge in [-0.1, -0.05) is 0 Å². The third-order valence-electron chi connectivity index (χ3n) is 3.86. The molecule has 3 atom stereocenters. The Kier molecular flexibility index (Phi) is 3.98. The topological polar surface area (TPSA) is 29.5 Å². The van der Waals surface area contributed by atoms with Gasteiger partial charge in [0.05, 0.1) is 12.2 Å². The maximum Gasteiger partial charge on any atom is 0.134 e. The maximum absolute atomic E-state index is 11.4. The highest BCUT2D eigenvalue weighted by Crippen LogP contribution is 2.23. The molecule has 3 nitrogen and oxygen atoms in total. The van der Waals surface area contributed by atoms with Gasteiger partial charge in [0.25, 0.3) is 0 Å². The number of piperidine rings is 1. The summed E-state index contributed by atoms with van der Waals surface area (Å²) in [6.45, 7) is 6.98. The van der Waals surface area contributed by atoms with E-state index in [2.05, 4.69) is 11.8 Å². The van der Waals surface area contributed by atoms with Crippen LogP contribution in [-0.2, 0) is 9.53 Å². The number of carbonyl (C=O) groups is 1. The summed E-state index contributed by atoms with van der Waals surface area (Å²) < 4.78 is 5.83. The molecule has 2 saturated heterocycles. The minimum atomic E-state index is 0.271. The molecule has 0 aromatic rings. The first-order valence-corrected chi connectivity index (χ1v) is 6.53. The van der Waals surface area contributed by atoms with E-state index in [1.165, 1.54) is 12.8 Å². The molecule has 0 aliphatic carbocycles. The van der Waals surface area contributed by atoms with E-state index >= 15 is 0 Å². The smallest absolute Gasteiger partial charge is 0.134 e. The van der Waals surface area contributed by atoms with Gasteiger partial charge in [-0.05, 0) is 46.1 Å². The van der Waals surface area contributed by atoms with Crippen molar-refractivity contribution in [3.8, 4) is 0 Å². The van der Waals surface area contributed by atoms with Crippen molar-refractivity contribution in [2.24, 2.45) is 5.92 Å². The maximum atomic E-state index is 11.4. The molecule has 3 heteroatoms. The first-order valence-electron chi connectivity index (χ1n) is 6.53. The quantitative estimate of drug-likeness (QED) is 0.734. The number of hydrogen-bond acceptors (Lipinski definition) is 3. The average molecular weight is 225 g/mol. The number of ether oxygens (including phenoxy) is 1. The Morgan fingerprint density at radius 1 is 1.38 bits per heavy atom. The van der Waals surface area contributed by atoms with Crippen LogP contribution >= 0.6 is 0 Å². The number of ketones is 1. The molecule has 2 heterocycles. The van der Waals surface area contributed by atoms with Crippen molar-refractivity contribution in [3.05, 3.63) is 0 Å². The Labute approximate surface area is 98.1 Å². The second kappa shape index (κ2) is 5.28. The van der Waals surface area contributed by atoms with Crippen LogP contribution < -0.4 is 0 Å². The number of Topliss-reactive ketones (excluding diaryl/α,β-unsaturated/α-hetero) is 1. The second-order valence-electron chi connectivity index (χ2n) is 5.36. The van der Waals surface area contributed by atoms with E-state index < -0.39 is 0 Å². The van der Waals surface area contributed by atoms with E-state index in [0.717, 1.165) is 32.5 Å². The Hall–Kier alpha value is -0.410. The molecular formula is C13H23NO2. The van der Waals surface area contributed by atoms with Gasteiger partial charge in [0.1, 0.15) is 5.78 Å². The van der Waals surface area contributed by atoms with E-state index in [-0.39, 0.29) is 5.92 Å². The minimum absolute atomic E-state index is 0.271. The van der Waals surface area contributed by atoms with Crippen LogP contribution in [0.3, 0.4) is 0 Å². The zero-order valence-electron chi connectivity index (χ0n) is 10.4. The van der Waals surface area contributed by atoms with E-state index in [1.54, 1.807) is 6.92 Å². The number of hydrogen-bond donors (Lipinski definition) is 0. The highest BCUT2D eigenvalue weighted by atomic mass is 16.5. The monoisotopic (exact) mass is 225 g/mol. The zero-order valence-corrected chi connectivity index (χ0v) is 10.4. The lowest BCUT2D eigenvalue weighted by molar-refractivity contribution is -0.122. The highest BCUT2D eigenvalue weighted by Gasteiger charge is 2.28. The molecule has 3 unspecified atom stereocenters. The lowest BCUT2D eigenvalue weighted by atomic mass is 9.94. The van der Waals surface area contributed by atoms with Gasteiger partial charge < -0.3 is 9.64 Å². The molecule has 0 saturated carbocycles. The Morgan fingerprint density at radius 2 is 2.19 bits per heavy atom. The van der Waals surface area contributed by atoms with Gasteiger partial charge in [-0.25, -0.2) is 0 Å². The lowest BCUT2D eigenvalue weighted by Gasteiger charge is -2.33. The normalized spacial score (nSPS) is 36.5. The van der Waals surface area contributed by atoms with Crippen LogP contribution in [0.2, 0.25) is 0 Å². The summed E-state index contributed by atoms with van der Waals surface area (Å²) in [6, 6.07) is 0. The second-order valence-corrected chi connectivity index (χ2v) is 5.36. The van der Waals surface area contributed by atoms with Crippen molar-refractivity contribution in [2.45, 2.75) is 51.7 Å². The summed E-state index contributed by atoms with van der Waals surface area (Å²) in [5.74, 6) is 0.623. The Morgan fingerprint density at radius 3 is 2.81 bits per heavy atom. The predicted molar refractivity (Wildman–Crippen MR) is 63.4 cm³/mol. The fourth-order valence-electron chi connectivity index (χ4n) is 2.86. The van der Waals surface area contributed by atoms with Crippen LogP contribution in [0.25, 0.3) is 0 Å². The van der Waals surface area contributed by atoms with Crippen LogP contribution in [0, 0.1) is 5.92 Å². The summed E-state index contributed by atoms with van der Waals surface area (Å²) in [5, 5.41) is 0. The molecule has 0 aromatic heterocycles. The highest BCUT2D eigenvalue weighted by molar-refractivity contribution is 5.78. The minimum Gasteiger partial charge on any atom is -0.374 e. The first-order chi connectivity index (χ1) is 7.65. The third-order valence-corrected chi connectivity index (χ3v) is 3.86. The van der Waals surface area contributed by atoms with Gasteiger partial charge >= 0.3 is 0 Å². The number of rotatable bonds is 3. The first kappa shape index (κ1) is 12.1. The molecule has 0 amide bonds.